The number of aryl methyl sites for hydroxylation is 2. The van der Waals surface area contributed by atoms with Crippen molar-refractivity contribution < 1.29 is 4.79 Å². The van der Waals surface area contributed by atoms with Crippen molar-refractivity contribution in [1.82, 2.24) is 0 Å². The van der Waals surface area contributed by atoms with Gasteiger partial charge in [-0.05, 0) is 82.6 Å². The average Bonchev–Trinajstić information content (AvgIpc) is 2.88. The number of ketones is 1. The molecule has 0 heterocycles. The molecule has 4 rings (SSSR count). The molecule has 0 atom stereocenters. The molecule has 0 amide bonds. The number of carbonyl (C=O) groups is 1. The van der Waals surface area contributed by atoms with Gasteiger partial charge in [-0.2, -0.15) is 0 Å². The van der Waals surface area contributed by atoms with Crippen LogP contribution < -0.4 is 0 Å². The summed E-state index contributed by atoms with van der Waals surface area (Å²) in [5.74, 6) is 0.0700. The summed E-state index contributed by atoms with van der Waals surface area (Å²) in [7, 11) is 0. The van der Waals surface area contributed by atoms with E-state index in [1.807, 2.05) is 85.8 Å². The zero-order chi connectivity index (χ0) is 25.6. The fourth-order valence-corrected chi connectivity index (χ4v) is 3.88. The summed E-state index contributed by atoms with van der Waals surface area (Å²) in [6, 6.07) is 33.6. The molecule has 0 saturated heterocycles. The number of allylic oxidation sites excluding steroid dienone is 2. The Labute approximate surface area is 220 Å². The van der Waals surface area contributed by atoms with Crippen molar-refractivity contribution in [3.63, 3.8) is 0 Å². The van der Waals surface area contributed by atoms with Gasteiger partial charge in [0, 0.05) is 25.8 Å². The van der Waals surface area contributed by atoms with E-state index in [0.29, 0.717) is 0 Å². The van der Waals surface area contributed by atoms with Gasteiger partial charge in [0.05, 0.1) is 0 Å². The molecule has 35 heavy (non-hydrogen) atoms. The molecular formula is C32H34OS2. The van der Waals surface area contributed by atoms with Crippen LogP contribution in [0.4, 0.5) is 0 Å². The average molecular weight is 499 g/mol. The number of benzene rings is 4. The van der Waals surface area contributed by atoms with Crippen LogP contribution in [0, 0.1) is 13.8 Å². The first-order valence-corrected chi connectivity index (χ1v) is 12.8. The third-order valence-corrected chi connectivity index (χ3v) is 6.54. The van der Waals surface area contributed by atoms with E-state index in [4.69, 9.17) is 0 Å². The van der Waals surface area contributed by atoms with Gasteiger partial charge in [0.2, 0.25) is 0 Å². The molecule has 0 aliphatic heterocycles. The summed E-state index contributed by atoms with van der Waals surface area (Å²) in [6.45, 7) is 10.3. The van der Waals surface area contributed by atoms with E-state index in [1.54, 1.807) is 11.8 Å². The topological polar surface area (TPSA) is 17.1 Å². The monoisotopic (exact) mass is 498 g/mol. The van der Waals surface area contributed by atoms with Crippen molar-refractivity contribution in [2.24, 2.45) is 0 Å². The molecule has 0 fully saturated rings. The van der Waals surface area contributed by atoms with Crippen molar-refractivity contribution in [1.29, 1.82) is 0 Å². The van der Waals surface area contributed by atoms with E-state index < -0.39 is 0 Å². The summed E-state index contributed by atoms with van der Waals surface area (Å²) in [5, 5.41) is 0. The molecule has 180 valence electrons. The molecule has 3 heteroatoms. The number of carbonyl (C=O) groups excluding carboxylic acids is 1. The molecule has 0 unspecified atom stereocenters. The van der Waals surface area contributed by atoms with Crippen molar-refractivity contribution in [2.75, 3.05) is 0 Å². The van der Waals surface area contributed by atoms with Crippen LogP contribution in [0.2, 0.25) is 0 Å². The Balaban J connectivity index is 0.000000296. The molecule has 0 N–H and O–H groups in total. The minimum Gasteiger partial charge on any atom is -0.289 e. The van der Waals surface area contributed by atoms with Crippen molar-refractivity contribution in [2.45, 2.75) is 49.3 Å². The minimum absolute atomic E-state index is 0.0700. The van der Waals surface area contributed by atoms with Gasteiger partial charge < -0.3 is 0 Å². The number of rotatable bonds is 4. The van der Waals surface area contributed by atoms with Crippen LogP contribution in [-0.4, -0.2) is 5.78 Å². The lowest BCUT2D eigenvalue weighted by Gasteiger charge is -2.08. The molecule has 0 saturated carbocycles. The van der Waals surface area contributed by atoms with E-state index in [0.717, 1.165) is 21.6 Å². The maximum absolute atomic E-state index is 12.5. The maximum Gasteiger partial charge on any atom is 0.193 e. The molecule has 0 aromatic heterocycles. The minimum atomic E-state index is 0.0700. The van der Waals surface area contributed by atoms with Crippen LogP contribution in [0.3, 0.4) is 0 Å². The van der Waals surface area contributed by atoms with E-state index in [1.165, 1.54) is 20.9 Å². The summed E-state index contributed by atoms with van der Waals surface area (Å²) in [5.41, 5.74) is 5.23. The van der Waals surface area contributed by atoms with E-state index in [-0.39, 0.29) is 5.78 Å². The van der Waals surface area contributed by atoms with Crippen LogP contribution >= 0.6 is 24.4 Å². The van der Waals surface area contributed by atoms with E-state index in [2.05, 4.69) is 70.7 Å². The highest BCUT2D eigenvalue weighted by Gasteiger charge is 2.10. The second kappa shape index (κ2) is 15.1. The van der Waals surface area contributed by atoms with Gasteiger partial charge in [-0.15, -0.1) is 12.6 Å². The smallest absolute Gasteiger partial charge is 0.193 e. The summed E-state index contributed by atoms with van der Waals surface area (Å²) in [6.07, 6.45) is 2.08. The van der Waals surface area contributed by atoms with E-state index >= 15 is 0 Å². The van der Waals surface area contributed by atoms with Crippen molar-refractivity contribution in [3.8, 4) is 0 Å². The zero-order valence-corrected chi connectivity index (χ0v) is 22.9. The lowest BCUT2D eigenvalue weighted by molar-refractivity contribution is 0.103. The SMILES string of the molecule is CC=C(C)C.Cc1ccc(Sc2ccc(C(=O)c3ccccc3)cc2C)cc1.Sc1ccccc1. The molecule has 0 bridgehead atoms. The number of hydrogen-bond acceptors (Lipinski definition) is 3. The second-order valence-electron chi connectivity index (χ2n) is 8.29. The zero-order valence-electron chi connectivity index (χ0n) is 21.2. The van der Waals surface area contributed by atoms with Gasteiger partial charge >= 0.3 is 0 Å². The van der Waals surface area contributed by atoms with Gasteiger partial charge in [-0.1, -0.05) is 89.6 Å². The molecule has 0 aliphatic rings. The maximum atomic E-state index is 12.5. The number of thiol groups is 1. The van der Waals surface area contributed by atoms with Crippen LogP contribution in [0.5, 0.6) is 0 Å². The van der Waals surface area contributed by atoms with Crippen LogP contribution in [-0.2, 0) is 0 Å². The lowest BCUT2D eigenvalue weighted by atomic mass is 10.0. The predicted molar refractivity (Wildman–Crippen MR) is 155 cm³/mol. The third kappa shape index (κ3) is 10.4. The molecule has 4 aromatic rings. The highest BCUT2D eigenvalue weighted by atomic mass is 32.2. The number of hydrogen-bond donors (Lipinski definition) is 1. The lowest BCUT2D eigenvalue weighted by Crippen LogP contribution is -2.01. The first-order chi connectivity index (χ1) is 16.8. The normalized spacial score (nSPS) is 9.66. The third-order valence-electron chi connectivity index (χ3n) is 5.06. The quantitative estimate of drug-likeness (QED) is 0.171. The predicted octanol–water partition coefficient (Wildman–Crippen LogP) is 9.63. The molecular weight excluding hydrogens is 464 g/mol. The second-order valence-corrected chi connectivity index (χ2v) is 9.92. The van der Waals surface area contributed by atoms with Gasteiger partial charge in [0.15, 0.2) is 5.78 Å². The largest absolute Gasteiger partial charge is 0.289 e. The summed E-state index contributed by atoms with van der Waals surface area (Å²) < 4.78 is 0. The Morgan fingerprint density at radius 2 is 1.29 bits per heavy atom. The van der Waals surface area contributed by atoms with Gasteiger partial charge in [0.1, 0.15) is 0 Å². The molecule has 0 radical (unpaired) electrons. The Morgan fingerprint density at radius 3 is 1.74 bits per heavy atom. The van der Waals surface area contributed by atoms with Gasteiger partial charge in [-0.3, -0.25) is 4.79 Å². The molecule has 1 nitrogen and oxygen atoms in total. The van der Waals surface area contributed by atoms with Crippen LogP contribution in [0.1, 0.15) is 47.8 Å². The van der Waals surface area contributed by atoms with Crippen molar-refractivity contribution in [3.05, 3.63) is 137 Å². The standard InChI is InChI=1S/C21H18OS.C6H6S.C5H10/c1-15-8-11-19(12-9-15)23-20-13-10-18(14-16(20)2)21(22)17-6-4-3-5-7-17;7-6-4-2-1-3-5-6;1-4-5(2)3/h3-14H,1-2H3;1-5,7H;4H,1-3H3. The van der Waals surface area contributed by atoms with E-state index in [9.17, 15) is 4.79 Å². The highest BCUT2D eigenvalue weighted by molar-refractivity contribution is 7.99. The fraction of sp³-hybridized carbons (Fsp3) is 0.156. The Morgan fingerprint density at radius 1 is 0.743 bits per heavy atom. The van der Waals surface area contributed by atoms with Crippen LogP contribution in [0.15, 0.2) is 129 Å². The highest BCUT2D eigenvalue weighted by Crippen LogP contribution is 2.31. The molecule has 0 spiro atoms. The molecule has 0 aliphatic carbocycles. The Hall–Kier alpha value is -3.01. The molecule has 4 aromatic carbocycles. The van der Waals surface area contributed by atoms with Gasteiger partial charge in [-0.25, -0.2) is 0 Å². The summed E-state index contributed by atoms with van der Waals surface area (Å²) >= 11 is 5.81. The van der Waals surface area contributed by atoms with Crippen LogP contribution in [0.25, 0.3) is 0 Å². The van der Waals surface area contributed by atoms with Crippen molar-refractivity contribution >= 4 is 30.2 Å². The first-order valence-electron chi connectivity index (χ1n) is 11.6. The Kier molecular flexibility index (Phi) is 12.2. The summed E-state index contributed by atoms with van der Waals surface area (Å²) in [4.78, 5) is 15.9. The van der Waals surface area contributed by atoms with Gasteiger partial charge in [0.25, 0.3) is 0 Å². The first kappa shape index (κ1) is 28.2. The Bertz CT molecular complexity index is 1210. The fourth-order valence-electron chi connectivity index (χ4n) is 2.82.